The molecule has 0 aromatic carbocycles. The first-order valence-corrected chi connectivity index (χ1v) is 4.75. The third kappa shape index (κ3) is 2.77. The van der Waals surface area contributed by atoms with E-state index in [9.17, 15) is 13.2 Å². The minimum atomic E-state index is -4.61. The van der Waals surface area contributed by atoms with E-state index in [0.29, 0.717) is 0 Å². The van der Waals surface area contributed by atoms with Crippen molar-refractivity contribution in [1.82, 2.24) is 0 Å². The number of aliphatic hydroxyl groups excluding tert-OH is 1. The van der Waals surface area contributed by atoms with Crippen molar-refractivity contribution in [2.45, 2.75) is 25.9 Å². The highest BCUT2D eigenvalue weighted by atomic mass is 19.4. The van der Waals surface area contributed by atoms with Crippen LogP contribution < -0.4 is 0 Å². The Labute approximate surface area is 90.9 Å². The van der Waals surface area contributed by atoms with Crippen LogP contribution in [0.1, 0.15) is 19.8 Å². The van der Waals surface area contributed by atoms with Gasteiger partial charge in [-0.2, -0.15) is 13.2 Å². The molecule has 0 atom stereocenters. The highest BCUT2D eigenvalue weighted by molar-refractivity contribution is 5.77. The average molecular weight is 235 g/mol. The zero-order valence-corrected chi connectivity index (χ0v) is 8.76. The Balaban J connectivity index is 3.12. The lowest BCUT2D eigenvalue weighted by molar-refractivity contribution is -0.0939. The number of aliphatic imine (C=N–C) groups is 1. The van der Waals surface area contributed by atoms with Crippen molar-refractivity contribution < 1.29 is 23.0 Å². The van der Waals surface area contributed by atoms with Crippen molar-refractivity contribution >= 4 is 5.90 Å². The number of allylic oxidation sites excluding steroid dienone is 2. The van der Waals surface area contributed by atoms with Gasteiger partial charge in [-0.3, -0.25) is 0 Å². The first-order valence-electron chi connectivity index (χ1n) is 4.75. The molecule has 0 amide bonds. The number of alkyl halides is 3. The number of ether oxygens (including phenoxy) is 1. The molecular formula is C10H12F3NO2. The molecular weight excluding hydrogens is 223 g/mol. The van der Waals surface area contributed by atoms with Crippen molar-refractivity contribution in [1.29, 1.82) is 0 Å². The van der Waals surface area contributed by atoms with Crippen molar-refractivity contribution in [3.63, 3.8) is 0 Å². The van der Waals surface area contributed by atoms with E-state index >= 15 is 0 Å². The van der Waals surface area contributed by atoms with E-state index in [1.165, 1.54) is 0 Å². The summed E-state index contributed by atoms with van der Waals surface area (Å²) in [4.78, 5) is 3.12. The molecule has 0 fully saturated rings. The Morgan fingerprint density at radius 2 is 2.12 bits per heavy atom. The van der Waals surface area contributed by atoms with Gasteiger partial charge in [0.2, 0.25) is 0 Å². The lowest BCUT2D eigenvalue weighted by Crippen LogP contribution is -2.19. The molecule has 16 heavy (non-hydrogen) atoms. The van der Waals surface area contributed by atoms with Gasteiger partial charge in [-0.15, -0.1) is 0 Å². The van der Waals surface area contributed by atoms with E-state index in [1.54, 1.807) is 6.92 Å². The topological polar surface area (TPSA) is 41.8 Å². The summed E-state index contributed by atoms with van der Waals surface area (Å²) in [5.74, 6) is -0.550. The van der Waals surface area contributed by atoms with E-state index in [2.05, 4.69) is 11.6 Å². The number of nitrogens with zero attached hydrogens (tertiary/aromatic N) is 1. The van der Waals surface area contributed by atoms with Gasteiger partial charge in [-0.05, 0) is 13.3 Å². The molecule has 1 rings (SSSR count). The molecule has 0 aromatic rings. The molecule has 1 heterocycles. The molecule has 3 nitrogen and oxygen atoms in total. The van der Waals surface area contributed by atoms with E-state index in [1.807, 2.05) is 0 Å². The highest BCUT2D eigenvalue weighted by Gasteiger charge is 2.39. The molecule has 0 saturated carbocycles. The molecule has 0 saturated heterocycles. The lowest BCUT2D eigenvalue weighted by atomic mass is 10.0. The zero-order chi connectivity index (χ0) is 12.3. The molecule has 1 aliphatic heterocycles. The molecule has 1 N–H and O–H groups in total. The van der Waals surface area contributed by atoms with Crippen molar-refractivity contribution in [2.24, 2.45) is 4.99 Å². The van der Waals surface area contributed by atoms with Crippen LogP contribution in [0.15, 0.2) is 28.6 Å². The third-order valence-electron chi connectivity index (χ3n) is 2.05. The Bertz CT molecular complexity index is 356. The molecule has 6 heteroatoms. The summed E-state index contributed by atoms with van der Waals surface area (Å²) in [6, 6.07) is 0. The van der Waals surface area contributed by atoms with E-state index in [0.717, 1.165) is 0 Å². The molecule has 0 bridgehead atoms. The molecule has 0 aromatic heterocycles. The number of halogens is 3. The third-order valence-corrected chi connectivity index (χ3v) is 2.05. The van der Waals surface area contributed by atoms with Crippen LogP contribution in [0.4, 0.5) is 13.2 Å². The molecule has 90 valence electrons. The number of rotatable bonds is 3. The molecule has 1 aliphatic rings. The second kappa shape index (κ2) is 4.59. The van der Waals surface area contributed by atoms with E-state index in [-0.39, 0.29) is 30.8 Å². The second-order valence-electron chi connectivity index (χ2n) is 3.21. The summed E-state index contributed by atoms with van der Waals surface area (Å²) in [7, 11) is 0. The predicted molar refractivity (Wildman–Crippen MR) is 53.1 cm³/mol. The van der Waals surface area contributed by atoms with E-state index in [4.69, 9.17) is 9.84 Å². The first-order chi connectivity index (χ1) is 7.36. The molecule has 0 unspecified atom stereocenters. The van der Waals surface area contributed by atoms with Gasteiger partial charge in [0.15, 0.2) is 11.6 Å². The Morgan fingerprint density at radius 3 is 2.62 bits per heavy atom. The SMILES string of the molecule is C=C(OCC)C1=C(C(F)(F)F)N=C(O)CC1. The van der Waals surface area contributed by atoms with Gasteiger partial charge in [-0.1, -0.05) is 6.58 Å². The summed E-state index contributed by atoms with van der Waals surface area (Å²) in [5, 5.41) is 9.02. The van der Waals surface area contributed by atoms with Gasteiger partial charge in [0.05, 0.1) is 6.61 Å². The summed E-state index contributed by atoms with van der Waals surface area (Å²) in [5.41, 5.74) is -1.21. The lowest BCUT2D eigenvalue weighted by Gasteiger charge is -2.20. The maximum Gasteiger partial charge on any atom is 0.433 e. The number of hydrogen-bond acceptors (Lipinski definition) is 2. The maximum absolute atomic E-state index is 12.6. The Kier molecular flexibility index (Phi) is 3.62. The fourth-order valence-electron chi connectivity index (χ4n) is 1.37. The fraction of sp³-hybridized carbons (Fsp3) is 0.500. The van der Waals surface area contributed by atoms with Gasteiger partial charge < -0.3 is 9.84 Å². The van der Waals surface area contributed by atoms with Crippen LogP contribution >= 0.6 is 0 Å². The zero-order valence-electron chi connectivity index (χ0n) is 8.76. The summed E-state index contributed by atoms with van der Waals surface area (Å²) in [6.45, 7) is 5.32. The van der Waals surface area contributed by atoms with Gasteiger partial charge in [0.1, 0.15) is 5.76 Å². The molecule has 0 aliphatic carbocycles. The molecule has 0 radical (unpaired) electrons. The summed E-state index contributed by atoms with van der Waals surface area (Å²) < 4.78 is 42.7. The number of aliphatic hydroxyl groups is 1. The minimum Gasteiger partial charge on any atom is -0.496 e. The normalized spacial score (nSPS) is 17.1. The van der Waals surface area contributed by atoms with Crippen molar-refractivity contribution in [2.75, 3.05) is 6.61 Å². The van der Waals surface area contributed by atoms with Crippen molar-refractivity contribution in [3.8, 4) is 0 Å². The fourth-order valence-corrected chi connectivity index (χ4v) is 1.37. The standard InChI is InChI=1S/C10H12F3NO2/c1-3-16-6(2)7-4-5-8(15)14-9(7)10(11,12)13/h2-5H2,1H3,(H,14,15). The van der Waals surface area contributed by atoms with Crippen LogP contribution in [0.25, 0.3) is 0 Å². The Hall–Kier alpha value is -1.46. The van der Waals surface area contributed by atoms with Gasteiger partial charge in [-0.25, -0.2) is 4.99 Å². The maximum atomic E-state index is 12.6. The van der Waals surface area contributed by atoms with E-state index < -0.39 is 17.8 Å². The van der Waals surface area contributed by atoms with Gasteiger partial charge in [0, 0.05) is 12.0 Å². The van der Waals surface area contributed by atoms with Crippen LogP contribution in [0.5, 0.6) is 0 Å². The van der Waals surface area contributed by atoms with Gasteiger partial charge in [0.25, 0.3) is 0 Å². The quantitative estimate of drug-likeness (QED) is 0.763. The minimum absolute atomic E-state index is 0.0308. The summed E-state index contributed by atoms with van der Waals surface area (Å²) in [6.07, 6.45) is -4.51. The van der Waals surface area contributed by atoms with Crippen LogP contribution in [0.2, 0.25) is 0 Å². The summed E-state index contributed by atoms with van der Waals surface area (Å²) >= 11 is 0. The largest absolute Gasteiger partial charge is 0.496 e. The average Bonchev–Trinajstić information content (AvgIpc) is 2.16. The van der Waals surface area contributed by atoms with Crippen LogP contribution in [0, 0.1) is 0 Å². The van der Waals surface area contributed by atoms with Crippen LogP contribution in [-0.4, -0.2) is 23.8 Å². The Morgan fingerprint density at radius 1 is 1.50 bits per heavy atom. The molecule has 0 spiro atoms. The monoisotopic (exact) mass is 235 g/mol. The highest BCUT2D eigenvalue weighted by Crippen LogP contribution is 2.36. The van der Waals surface area contributed by atoms with Crippen LogP contribution in [-0.2, 0) is 4.74 Å². The van der Waals surface area contributed by atoms with Crippen LogP contribution in [0.3, 0.4) is 0 Å². The first kappa shape index (κ1) is 12.6. The second-order valence-corrected chi connectivity index (χ2v) is 3.21. The van der Waals surface area contributed by atoms with Crippen molar-refractivity contribution in [3.05, 3.63) is 23.6 Å². The van der Waals surface area contributed by atoms with Gasteiger partial charge >= 0.3 is 6.18 Å². The smallest absolute Gasteiger partial charge is 0.433 e. The predicted octanol–water partition coefficient (Wildman–Crippen LogP) is 3.10. The number of hydrogen-bond donors (Lipinski definition) is 1.